The van der Waals surface area contributed by atoms with Gasteiger partial charge in [0.2, 0.25) is 5.91 Å². The number of carbonyl (C=O) groups excluding carboxylic acids is 2. The van der Waals surface area contributed by atoms with Crippen molar-refractivity contribution in [1.82, 2.24) is 16.0 Å². The fourth-order valence-corrected chi connectivity index (χ4v) is 3.16. The third-order valence-electron chi connectivity index (χ3n) is 3.34. The second kappa shape index (κ2) is 9.71. The molecule has 122 valence electrons. The molecule has 0 bridgehead atoms. The second-order valence-electron chi connectivity index (χ2n) is 4.99. The van der Waals surface area contributed by atoms with Crippen LogP contribution in [0, 0.1) is 0 Å². The van der Waals surface area contributed by atoms with E-state index in [0.717, 1.165) is 23.6 Å². The highest BCUT2D eigenvalue weighted by Gasteiger charge is 2.16. The largest absolute Gasteiger partial charge is 0.355 e. The van der Waals surface area contributed by atoms with Crippen LogP contribution < -0.4 is 16.0 Å². The summed E-state index contributed by atoms with van der Waals surface area (Å²) in [5, 5.41) is 8.85. The Hall–Kier alpha value is -1.24. The monoisotopic (exact) mass is 343 g/mol. The number of rotatable bonds is 5. The number of amides is 2. The van der Waals surface area contributed by atoms with Gasteiger partial charge >= 0.3 is 0 Å². The van der Waals surface area contributed by atoms with E-state index >= 15 is 0 Å². The molecule has 1 saturated heterocycles. The van der Waals surface area contributed by atoms with Gasteiger partial charge in [-0.25, -0.2) is 0 Å². The van der Waals surface area contributed by atoms with Gasteiger partial charge in [-0.15, -0.1) is 12.4 Å². The molecule has 1 aliphatic heterocycles. The molecule has 2 rings (SSSR count). The molecule has 0 aliphatic carbocycles. The van der Waals surface area contributed by atoms with Crippen molar-refractivity contribution in [1.29, 1.82) is 0 Å². The van der Waals surface area contributed by atoms with Gasteiger partial charge in [0, 0.05) is 49.7 Å². The van der Waals surface area contributed by atoms with Crippen LogP contribution in [0.2, 0.25) is 0 Å². The van der Waals surface area contributed by atoms with Gasteiger partial charge in [0.25, 0.3) is 5.91 Å². The predicted molar refractivity (Wildman–Crippen MR) is 92.7 cm³/mol. The van der Waals surface area contributed by atoms with Gasteiger partial charge in [-0.05, 0) is 17.7 Å². The molecule has 7 heteroatoms. The van der Waals surface area contributed by atoms with E-state index in [-0.39, 0.29) is 30.3 Å². The lowest BCUT2D eigenvalue weighted by atomic mass is 10.1. The maximum atomic E-state index is 11.9. The van der Waals surface area contributed by atoms with Crippen LogP contribution in [0.15, 0.2) is 24.3 Å². The molecule has 1 atom stereocenters. The number of halogens is 1. The number of hydrogen-bond donors (Lipinski definition) is 3. The summed E-state index contributed by atoms with van der Waals surface area (Å²) >= 11 is 1.88. The molecule has 2 amide bonds. The van der Waals surface area contributed by atoms with E-state index in [1.807, 2.05) is 23.9 Å². The number of nitrogens with one attached hydrogen (secondary N) is 3. The van der Waals surface area contributed by atoms with Crippen molar-refractivity contribution < 1.29 is 9.59 Å². The molecule has 5 nitrogen and oxygen atoms in total. The fourth-order valence-electron chi connectivity index (χ4n) is 2.21. The van der Waals surface area contributed by atoms with E-state index in [1.54, 1.807) is 19.2 Å². The highest BCUT2D eigenvalue weighted by atomic mass is 35.5. The second-order valence-corrected chi connectivity index (χ2v) is 6.14. The summed E-state index contributed by atoms with van der Waals surface area (Å²) in [6.45, 7) is 1.42. The van der Waals surface area contributed by atoms with Gasteiger partial charge in [-0.2, -0.15) is 11.8 Å². The molecule has 1 fully saturated rings. The van der Waals surface area contributed by atoms with Gasteiger partial charge in [0.1, 0.15) is 0 Å². The lowest BCUT2D eigenvalue weighted by Crippen LogP contribution is -2.41. The Morgan fingerprint density at radius 1 is 1.41 bits per heavy atom. The maximum absolute atomic E-state index is 11.9. The molecule has 0 saturated carbocycles. The number of hydrogen-bond acceptors (Lipinski definition) is 4. The van der Waals surface area contributed by atoms with Gasteiger partial charge in [-0.1, -0.05) is 12.1 Å². The first kappa shape index (κ1) is 18.8. The van der Waals surface area contributed by atoms with Gasteiger partial charge < -0.3 is 16.0 Å². The van der Waals surface area contributed by atoms with E-state index in [0.29, 0.717) is 18.5 Å². The molecule has 0 radical (unpaired) electrons. The fraction of sp³-hybridized carbons (Fsp3) is 0.467. The minimum Gasteiger partial charge on any atom is -0.355 e. The Balaban J connectivity index is 0.00000242. The molecular weight excluding hydrogens is 322 g/mol. The van der Waals surface area contributed by atoms with Gasteiger partial charge in [0.15, 0.2) is 0 Å². The topological polar surface area (TPSA) is 70.2 Å². The molecular formula is C15H22ClN3O2S. The molecule has 1 unspecified atom stereocenters. The Morgan fingerprint density at radius 3 is 2.91 bits per heavy atom. The van der Waals surface area contributed by atoms with E-state index < -0.39 is 0 Å². The van der Waals surface area contributed by atoms with Crippen molar-refractivity contribution in [3.05, 3.63) is 35.4 Å². The molecule has 0 spiro atoms. The average molecular weight is 344 g/mol. The van der Waals surface area contributed by atoms with E-state index in [4.69, 9.17) is 0 Å². The van der Waals surface area contributed by atoms with Gasteiger partial charge in [-0.3, -0.25) is 9.59 Å². The number of carbonyl (C=O) groups is 2. The zero-order valence-corrected chi connectivity index (χ0v) is 14.2. The van der Waals surface area contributed by atoms with Crippen LogP contribution in [0.4, 0.5) is 0 Å². The first-order chi connectivity index (χ1) is 10.2. The van der Waals surface area contributed by atoms with E-state index in [1.165, 1.54) is 0 Å². The van der Waals surface area contributed by atoms with Crippen molar-refractivity contribution in [3.63, 3.8) is 0 Å². The summed E-state index contributed by atoms with van der Waals surface area (Å²) in [6, 6.07) is 7.55. The first-order valence-corrected chi connectivity index (χ1v) is 8.23. The van der Waals surface area contributed by atoms with Crippen LogP contribution in [0.5, 0.6) is 0 Å². The van der Waals surface area contributed by atoms with Crippen molar-refractivity contribution in [2.75, 3.05) is 25.1 Å². The van der Waals surface area contributed by atoms with E-state index in [2.05, 4.69) is 16.0 Å². The van der Waals surface area contributed by atoms with Crippen LogP contribution in [-0.2, 0) is 11.3 Å². The molecule has 1 aromatic carbocycles. The van der Waals surface area contributed by atoms with Gasteiger partial charge in [0.05, 0.1) is 0 Å². The molecule has 1 aromatic rings. The number of thioether (sulfide) groups is 1. The number of benzene rings is 1. The quantitative estimate of drug-likeness (QED) is 0.751. The minimum absolute atomic E-state index is 0. The Morgan fingerprint density at radius 2 is 2.23 bits per heavy atom. The molecule has 3 N–H and O–H groups in total. The molecule has 1 aliphatic rings. The Kier molecular flexibility index (Phi) is 8.30. The summed E-state index contributed by atoms with van der Waals surface area (Å²) in [6.07, 6.45) is 0.502. The highest BCUT2D eigenvalue weighted by molar-refractivity contribution is 7.99. The Labute approximate surface area is 141 Å². The molecule has 22 heavy (non-hydrogen) atoms. The lowest BCUT2D eigenvalue weighted by molar-refractivity contribution is -0.121. The van der Waals surface area contributed by atoms with Crippen molar-refractivity contribution in [3.8, 4) is 0 Å². The van der Waals surface area contributed by atoms with Crippen LogP contribution in [0.3, 0.4) is 0 Å². The molecule has 1 heterocycles. The van der Waals surface area contributed by atoms with Crippen molar-refractivity contribution in [2.24, 2.45) is 0 Å². The first-order valence-electron chi connectivity index (χ1n) is 7.08. The van der Waals surface area contributed by atoms with Crippen molar-refractivity contribution in [2.45, 2.75) is 19.0 Å². The Bertz CT molecular complexity index is 507. The summed E-state index contributed by atoms with van der Waals surface area (Å²) in [4.78, 5) is 23.5. The van der Waals surface area contributed by atoms with E-state index in [9.17, 15) is 9.59 Å². The average Bonchev–Trinajstić information content (AvgIpc) is 2.53. The normalized spacial score (nSPS) is 17.2. The third kappa shape index (κ3) is 5.87. The molecule has 0 aromatic heterocycles. The SMILES string of the molecule is CNC(=O)c1cccc(CNC(=O)CC2CSCCN2)c1.Cl. The summed E-state index contributed by atoms with van der Waals surface area (Å²) < 4.78 is 0. The summed E-state index contributed by atoms with van der Waals surface area (Å²) in [5.74, 6) is 2.02. The summed E-state index contributed by atoms with van der Waals surface area (Å²) in [5.41, 5.74) is 1.53. The summed E-state index contributed by atoms with van der Waals surface area (Å²) in [7, 11) is 1.60. The predicted octanol–water partition coefficient (Wildman–Crippen LogP) is 1.18. The zero-order valence-electron chi connectivity index (χ0n) is 12.6. The van der Waals surface area contributed by atoms with Crippen LogP contribution in [-0.4, -0.2) is 43.0 Å². The minimum atomic E-state index is -0.119. The van der Waals surface area contributed by atoms with Crippen LogP contribution in [0.1, 0.15) is 22.3 Å². The highest BCUT2D eigenvalue weighted by Crippen LogP contribution is 2.10. The third-order valence-corrected chi connectivity index (χ3v) is 4.47. The lowest BCUT2D eigenvalue weighted by Gasteiger charge is -2.22. The zero-order chi connectivity index (χ0) is 15.1. The van der Waals surface area contributed by atoms with Crippen LogP contribution in [0.25, 0.3) is 0 Å². The maximum Gasteiger partial charge on any atom is 0.251 e. The standard InChI is InChI=1S/C15H21N3O2S.ClH/c1-16-15(20)12-4-2-3-11(7-12)9-18-14(19)8-13-10-21-6-5-17-13;/h2-4,7,13,17H,5-6,8-10H2,1H3,(H,16,20)(H,18,19);1H. The smallest absolute Gasteiger partial charge is 0.251 e. The van der Waals surface area contributed by atoms with Crippen molar-refractivity contribution >= 4 is 36.0 Å². The van der Waals surface area contributed by atoms with Crippen LogP contribution >= 0.6 is 24.2 Å².